The van der Waals surface area contributed by atoms with Crippen molar-refractivity contribution in [1.29, 1.82) is 0 Å². The molecule has 1 rings (SSSR count). The molecule has 0 aliphatic rings. The van der Waals surface area contributed by atoms with Crippen LogP contribution in [0.4, 0.5) is 0 Å². The fourth-order valence-corrected chi connectivity index (χ4v) is 1.63. The Balaban J connectivity index is 2.39. The topological polar surface area (TPSA) is 3.24 Å². The van der Waals surface area contributed by atoms with E-state index >= 15 is 0 Å². The third kappa shape index (κ3) is 5.53. The van der Waals surface area contributed by atoms with E-state index in [2.05, 4.69) is 44.9 Å². The van der Waals surface area contributed by atoms with E-state index in [4.69, 9.17) is 11.6 Å². The second-order valence-corrected chi connectivity index (χ2v) is 6.11. The molecule has 0 aromatic heterocycles. The average molecular weight is 240 g/mol. The van der Waals surface area contributed by atoms with Crippen LogP contribution in [0.1, 0.15) is 32.8 Å². The normalized spacial score (nSPS) is 12.1. The first kappa shape index (κ1) is 13.5. The van der Waals surface area contributed by atoms with Crippen LogP contribution in [0.2, 0.25) is 5.02 Å². The number of hydrogen-bond donors (Lipinski definition) is 0. The zero-order chi connectivity index (χ0) is 12.2. The van der Waals surface area contributed by atoms with Crippen molar-refractivity contribution in [3.8, 4) is 0 Å². The standard InChI is InChI=1S/C14H22ClN/c1-14(2,3)9-10-16(4)11-12-5-7-13(15)8-6-12/h5-8H,9-11H2,1-4H3. The lowest BCUT2D eigenvalue weighted by Crippen LogP contribution is -2.23. The number of nitrogens with zero attached hydrogens (tertiary/aromatic N) is 1. The summed E-state index contributed by atoms with van der Waals surface area (Å²) in [5, 5.41) is 0.807. The van der Waals surface area contributed by atoms with E-state index in [1.807, 2.05) is 12.1 Å². The minimum atomic E-state index is 0.411. The average Bonchev–Trinajstić information content (AvgIpc) is 2.18. The van der Waals surface area contributed by atoms with E-state index in [0.29, 0.717) is 5.41 Å². The molecule has 0 saturated heterocycles. The minimum absolute atomic E-state index is 0.411. The van der Waals surface area contributed by atoms with E-state index in [1.54, 1.807) is 0 Å². The molecule has 0 fully saturated rings. The van der Waals surface area contributed by atoms with Crippen molar-refractivity contribution in [2.75, 3.05) is 13.6 Å². The predicted molar refractivity (Wildman–Crippen MR) is 71.9 cm³/mol. The van der Waals surface area contributed by atoms with Crippen molar-refractivity contribution < 1.29 is 0 Å². The molecule has 0 bridgehead atoms. The predicted octanol–water partition coefficient (Wildman–Crippen LogP) is 4.21. The van der Waals surface area contributed by atoms with Crippen LogP contribution in [0.25, 0.3) is 0 Å². The second-order valence-electron chi connectivity index (χ2n) is 5.67. The van der Waals surface area contributed by atoms with Gasteiger partial charge in [-0.25, -0.2) is 0 Å². The Morgan fingerprint density at radius 2 is 1.69 bits per heavy atom. The minimum Gasteiger partial charge on any atom is -0.302 e. The Kier molecular flexibility index (Phi) is 4.82. The van der Waals surface area contributed by atoms with E-state index in [9.17, 15) is 0 Å². The zero-order valence-corrected chi connectivity index (χ0v) is 11.5. The van der Waals surface area contributed by atoms with Gasteiger partial charge in [0.05, 0.1) is 0 Å². The second kappa shape index (κ2) is 5.70. The van der Waals surface area contributed by atoms with Crippen LogP contribution >= 0.6 is 11.6 Å². The fourth-order valence-electron chi connectivity index (χ4n) is 1.51. The largest absolute Gasteiger partial charge is 0.302 e. The lowest BCUT2D eigenvalue weighted by molar-refractivity contribution is 0.259. The molecule has 1 aromatic rings. The summed E-state index contributed by atoms with van der Waals surface area (Å²) >= 11 is 5.86. The van der Waals surface area contributed by atoms with Gasteiger partial charge in [-0.1, -0.05) is 44.5 Å². The van der Waals surface area contributed by atoms with Gasteiger partial charge in [-0.15, -0.1) is 0 Å². The van der Waals surface area contributed by atoms with Gasteiger partial charge in [0.15, 0.2) is 0 Å². The van der Waals surface area contributed by atoms with Gasteiger partial charge in [0.1, 0.15) is 0 Å². The summed E-state index contributed by atoms with van der Waals surface area (Å²) < 4.78 is 0. The SMILES string of the molecule is CN(CCC(C)(C)C)Cc1ccc(Cl)cc1. The molecule has 0 unspecified atom stereocenters. The quantitative estimate of drug-likeness (QED) is 0.761. The van der Waals surface area contributed by atoms with Crippen molar-refractivity contribution in [1.82, 2.24) is 4.90 Å². The molecule has 0 saturated carbocycles. The summed E-state index contributed by atoms with van der Waals surface area (Å²) in [4.78, 5) is 2.36. The summed E-state index contributed by atoms with van der Waals surface area (Å²) in [6, 6.07) is 8.09. The van der Waals surface area contributed by atoms with Crippen LogP contribution in [0.5, 0.6) is 0 Å². The highest BCUT2D eigenvalue weighted by molar-refractivity contribution is 6.30. The Labute approximate surface area is 104 Å². The number of hydrogen-bond acceptors (Lipinski definition) is 1. The molecular weight excluding hydrogens is 218 g/mol. The summed E-state index contributed by atoms with van der Waals surface area (Å²) in [6.45, 7) is 8.97. The molecule has 0 spiro atoms. The lowest BCUT2D eigenvalue weighted by atomic mass is 9.92. The molecule has 0 N–H and O–H groups in total. The third-order valence-electron chi connectivity index (χ3n) is 2.61. The summed E-state index contributed by atoms with van der Waals surface area (Å²) in [5.41, 5.74) is 1.73. The van der Waals surface area contributed by atoms with E-state index in [0.717, 1.165) is 18.1 Å². The fraction of sp³-hybridized carbons (Fsp3) is 0.571. The van der Waals surface area contributed by atoms with Crippen LogP contribution in [0, 0.1) is 5.41 Å². The van der Waals surface area contributed by atoms with Crippen molar-refractivity contribution in [2.24, 2.45) is 5.41 Å². The van der Waals surface area contributed by atoms with Gasteiger partial charge < -0.3 is 4.90 Å². The van der Waals surface area contributed by atoms with Gasteiger partial charge >= 0.3 is 0 Å². The monoisotopic (exact) mass is 239 g/mol. The van der Waals surface area contributed by atoms with Crippen molar-refractivity contribution in [3.63, 3.8) is 0 Å². The molecule has 0 amide bonds. The van der Waals surface area contributed by atoms with Crippen LogP contribution in [-0.2, 0) is 6.54 Å². The first-order valence-electron chi connectivity index (χ1n) is 5.80. The van der Waals surface area contributed by atoms with Gasteiger partial charge in [0, 0.05) is 11.6 Å². The Morgan fingerprint density at radius 1 is 1.12 bits per heavy atom. The third-order valence-corrected chi connectivity index (χ3v) is 2.86. The maximum atomic E-state index is 5.86. The molecule has 0 atom stereocenters. The van der Waals surface area contributed by atoms with E-state index in [-0.39, 0.29) is 0 Å². The van der Waals surface area contributed by atoms with Crippen LogP contribution in [-0.4, -0.2) is 18.5 Å². The highest BCUT2D eigenvalue weighted by Gasteiger charge is 2.11. The van der Waals surface area contributed by atoms with Crippen LogP contribution in [0.15, 0.2) is 24.3 Å². The van der Waals surface area contributed by atoms with Gasteiger partial charge in [-0.05, 0) is 43.1 Å². The Hall–Kier alpha value is -0.530. The van der Waals surface area contributed by atoms with Gasteiger partial charge in [-0.2, -0.15) is 0 Å². The zero-order valence-electron chi connectivity index (χ0n) is 10.8. The van der Waals surface area contributed by atoms with Crippen molar-refractivity contribution in [2.45, 2.75) is 33.7 Å². The highest BCUT2D eigenvalue weighted by atomic mass is 35.5. The maximum Gasteiger partial charge on any atom is 0.0406 e. The Bertz CT molecular complexity index is 311. The lowest BCUT2D eigenvalue weighted by Gasteiger charge is -2.23. The molecule has 1 nitrogen and oxygen atoms in total. The van der Waals surface area contributed by atoms with Crippen LogP contribution < -0.4 is 0 Å². The molecule has 0 radical (unpaired) electrons. The molecule has 2 heteroatoms. The van der Waals surface area contributed by atoms with Crippen molar-refractivity contribution >= 4 is 11.6 Å². The Morgan fingerprint density at radius 3 is 2.19 bits per heavy atom. The highest BCUT2D eigenvalue weighted by Crippen LogP contribution is 2.19. The summed E-state index contributed by atoms with van der Waals surface area (Å²) in [5.74, 6) is 0. The molecule has 0 aliphatic heterocycles. The summed E-state index contributed by atoms with van der Waals surface area (Å²) in [7, 11) is 2.17. The van der Waals surface area contributed by atoms with Gasteiger partial charge in [-0.3, -0.25) is 0 Å². The van der Waals surface area contributed by atoms with Gasteiger partial charge in [0.2, 0.25) is 0 Å². The smallest absolute Gasteiger partial charge is 0.0406 e. The maximum absolute atomic E-state index is 5.86. The number of rotatable bonds is 4. The summed E-state index contributed by atoms with van der Waals surface area (Å²) in [6.07, 6.45) is 1.22. The first-order chi connectivity index (χ1) is 7.37. The first-order valence-corrected chi connectivity index (χ1v) is 6.18. The molecule has 0 aliphatic carbocycles. The van der Waals surface area contributed by atoms with Crippen LogP contribution in [0.3, 0.4) is 0 Å². The van der Waals surface area contributed by atoms with E-state index in [1.165, 1.54) is 12.0 Å². The molecule has 0 heterocycles. The molecule has 90 valence electrons. The number of halogens is 1. The van der Waals surface area contributed by atoms with Gasteiger partial charge in [0.25, 0.3) is 0 Å². The van der Waals surface area contributed by atoms with E-state index < -0.39 is 0 Å². The molecule has 16 heavy (non-hydrogen) atoms. The molecular formula is C14H22ClN. The van der Waals surface area contributed by atoms with Crippen molar-refractivity contribution in [3.05, 3.63) is 34.9 Å². The number of benzene rings is 1. The molecule has 1 aromatic carbocycles.